The maximum Gasteiger partial charge on any atom is 0.143 e. The van der Waals surface area contributed by atoms with Gasteiger partial charge in [-0.3, -0.25) is 0 Å². The molecule has 1 aliphatic heterocycles. The molecule has 0 bridgehead atoms. The van der Waals surface area contributed by atoms with Gasteiger partial charge in [-0.15, -0.1) is 0 Å². The normalized spacial score (nSPS) is 15.9. The highest BCUT2D eigenvalue weighted by molar-refractivity contribution is 5.67. The van der Waals surface area contributed by atoms with E-state index in [4.69, 9.17) is 10.5 Å². The minimum atomic E-state index is -0.119. The van der Waals surface area contributed by atoms with Gasteiger partial charge in [0.1, 0.15) is 11.4 Å². The summed E-state index contributed by atoms with van der Waals surface area (Å²) in [7, 11) is 0. The van der Waals surface area contributed by atoms with Gasteiger partial charge in [-0.05, 0) is 49.1 Å². The highest BCUT2D eigenvalue weighted by Gasteiger charge is 2.37. The largest absolute Gasteiger partial charge is 0.483 e. The van der Waals surface area contributed by atoms with Crippen LogP contribution in [0.2, 0.25) is 0 Å². The van der Waals surface area contributed by atoms with Crippen molar-refractivity contribution >= 4 is 11.4 Å². The second-order valence-electron chi connectivity index (χ2n) is 6.50. The lowest BCUT2D eigenvalue weighted by molar-refractivity contribution is 0.0570. The third-order valence-corrected chi connectivity index (χ3v) is 5.04. The van der Waals surface area contributed by atoms with Crippen molar-refractivity contribution in [2.24, 2.45) is 0 Å². The molecule has 23 heavy (non-hydrogen) atoms. The average Bonchev–Trinajstić information content (AvgIpc) is 2.57. The summed E-state index contributed by atoms with van der Waals surface area (Å²) in [5.74, 6) is 0.947. The molecule has 0 spiro atoms. The first-order chi connectivity index (χ1) is 11.1. The fourth-order valence-corrected chi connectivity index (χ4v) is 3.32. The van der Waals surface area contributed by atoms with Gasteiger partial charge >= 0.3 is 0 Å². The van der Waals surface area contributed by atoms with Crippen molar-refractivity contribution in [2.75, 3.05) is 17.2 Å². The van der Waals surface area contributed by atoms with Crippen molar-refractivity contribution in [3.63, 3.8) is 0 Å². The van der Waals surface area contributed by atoms with Gasteiger partial charge in [0.2, 0.25) is 0 Å². The molecule has 1 aliphatic rings. The Morgan fingerprint density at radius 2 is 1.87 bits per heavy atom. The van der Waals surface area contributed by atoms with Crippen LogP contribution in [0.3, 0.4) is 0 Å². The van der Waals surface area contributed by atoms with Gasteiger partial charge in [-0.1, -0.05) is 38.1 Å². The minimum Gasteiger partial charge on any atom is -0.483 e. The summed E-state index contributed by atoms with van der Waals surface area (Å²) in [6, 6.07) is 14.5. The predicted molar refractivity (Wildman–Crippen MR) is 97.0 cm³/mol. The summed E-state index contributed by atoms with van der Waals surface area (Å²) in [5.41, 5.74) is 10.5. The van der Waals surface area contributed by atoms with Crippen LogP contribution >= 0.6 is 0 Å². The topological polar surface area (TPSA) is 38.5 Å². The van der Waals surface area contributed by atoms with Crippen molar-refractivity contribution in [2.45, 2.75) is 45.8 Å². The van der Waals surface area contributed by atoms with Crippen LogP contribution in [0, 0.1) is 6.92 Å². The quantitative estimate of drug-likeness (QED) is 0.843. The molecule has 2 aromatic carbocycles. The van der Waals surface area contributed by atoms with E-state index in [1.807, 2.05) is 18.2 Å². The number of nitrogens with zero attached hydrogens (tertiary/aromatic N) is 1. The minimum absolute atomic E-state index is 0.119. The number of hydrogen-bond acceptors (Lipinski definition) is 3. The lowest BCUT2D eigenvalue weighted by atomic mass is 9.93. The van der Waals surface area contributed by atoms with Crippen LogP contribution in [-0.2, 0) is 6.54 Å². The molecular formula is C20H26N2O. The molecule has 122 valence electrons. The van der Waals surface area contributed by atoms with Gasteiger partial charge < -0.3 is 15.4 Å². The van der Waals surface area contributed by atoms with Crippen molar-refractivity contribution in [1.82, 2.24) is 0 Å². The zero-order valence-corrected chi connectivity index (χ0v) is 14.3. The Hall–Kier alpha value is -2.16. The summed E-state index contributed by atoms with van der Waals surface area (Å²) < 4.78 is 6.37. The van der Waals surface area contributed by atoms with Crippen molar-refractivity contribution in [1.29, 1.82) is 0 Å². The standard InChI is InChI=1S/C20H26N2O/c1-4-20(5-2)14-22(13-16-9-7-6-8-15(16)3)18-12-17(21)10-11-19(18)23-20/h6-12H,4-5,13-14,21H2,1-3H3. The highest BCUT2D eigenvalue weighted by Crippen LogP contribution is 2.41. The summed E-state index contributed by atoms with van der Waals surface area (Å²) in [6.45, 7) is 8.36. The van der Waals surface area contributed by atoms with Crippen LogP contribution in [-0.4, -0.2) is 12.1 Å². The fourth-order valence-electron chi connectivity index (χ4n) is 3.32. The lowest BCUT2D eigenvalue weighted by Gasteiger charge is -2.44. The zero-order chi connectivity index (χ0) is 16.4. The molecule has 0 saturated heterocycles. The van der Waals surface area contributed by atoms with E-state index in [0.29, 0.717) is 0 Å². The molecule has 0 amide bonds. The fraction of sp³-hybridized carbons (Fsp3) is 0.400. The number of hydrogen-bond donors (Lipinski definition) is 1. The SMILES string of the molecule is CCC1(CC)CN(Cc2ccccc2C)c2cc(N)ccc2O1. The number of anilines is 2. The first kappa shape index (κ1) is 15.7. The second kappa shape index (κ2) is 6.15. The first-order valence-corrected chi connectivity index (χ1v) is 8.45. The molecule has 0 fully saturated rings. The van der Waals surface area contributed by atoms with Crippen LogP contribution in [0.25, 0.3) is 0 Å². The van der Waals surface area contributed by atoms with Gasteiger partial charge in [0.25, 0.3) is 0 Å². The molecule has 2 N–H and O–H groups in total. The summed E-state index contributed by atoms with van der Waals surface area (Å²) in [4.78, 5) is 2.42. The Morgan fingerprint density at radius 1 is 1.13 bits per heavy atom. The summed E-state index contributed by atoms with van der Waals surface area (Å²) in [5, 5.41) is 0. The first-order valence-electron chi connectivity index (χ1n) is 8.45. The smallest absolute Gasteiger partial charge is 0.143 e. The van der Waals surface area contributed by atoms with Crippen LogP contribution in [0.5, 0.6) is 5.75 Å². The average molecular weight is 310 g/mol. The zero-order valence-electron chi connectivity index (χ0n) is 14.3. The molecule has 0 aliphatic carbocycles. The summed E-state index contributed by atoms with van der Waals surface area (Å²) in [6.07, 6.45) is 2.00. The second-order valence-corrected chi connectivity index (χ2v) is 6.50. The number of benzene rings is 2. The van der Waals surface area contributed by atoms with Crippen molar-refractivity contribution in [3.05, 3.63) is 53.6 Å². The highest BCUT2D eigenvalue weighted by atomic mass is 16.5. The predicted octanol–water partition coefficient (Wildman–Crippen LogP) is 4.54. The van der Waals surface area contributed by atoms with Gasteiger partial charge in [0.15, 0.2) is 0 Å². The van der Waals surface area contributed by atoms with Gasteiger partial charge in [-0.25, -0.2) is 0 Å². The van der Waals surface area contributed by atoms with E-state index in [1.165, 1.54) is 11.1 Å². The van der Waals surface area contributed by atoms with Crippen LogP contribution < -0.4 is 15.4 Å². The molecule has 3 nitrogen and oxygen atoms in total. The van der Waals surface area contributed by atoms with Crippen LogP contribution in [0.1, 0.15) is 37.8 Å². The Morgan fingerprint density at radius 3 is 2.57 bits per heavy atom. The Balaban J connectivity index is 2.00. The molecule has 3 rings (SSSR count). The molecule has 0 radical (unpaired) electrons. The maximum absolute atomic E-state index is 6.37. The number of fused-ring (bicyclic) bond motifs is 1. The monoisotopic (exact) mass is 310 g/mol. The third kappa shape index (κ3) is 3.00. The van der Waals surface area contributed by atoms with E-state index in [-0.39, 0.29) is 5.60 Å². The van der Waals surface area contributed by atoms with Gasteiger partial charge in [0.05, 0.1) is 12.2 Å². The molecule has 0 atom stereocenters. The third-order valence-electron chi connectivity index (χ3n) is 5.04. The van der Waals surface area contributed by atoms with Crippen LogP contribution in [0.15, 0.2) is 42.5 Å². The van der Waals surface area contributed by atoms with Crippen LogP contribution in [0.4, 0.5) is 11.4 Å². The van der Waals surface area contributed by atoms with Crippen molar-refractivity contribution in [3.8, 4) is 5.75 Å². The Bertz CT molecular complexity index is 692. The number of ether oxygens (including phenoxy) is 1. The Kier molecular flexibility index (Phi) is 4.20. The number of nitrogens with two attached hydrogens (primary N) is 1. The molecule has 3 heteroatoms. The van der Waals surface area contributed by atoms with E-state index < -0.39 is 0 Å². The maximum atomic E-state index is 6.37. The van der Waals surface area contributed by atoms with E-state index in [1.54, 1.807) is 0 Å². The van der Waals surface area contributed by atoms with Crippen molar-refractivity contribution < 1.29 is 4.74 Å². The lowest BCUT2D eigenvalue weighted by Crippen LogP contribution is -2.50. The number of rotatable bonds is 4. The van der Waals surface area contributed by atoms with E-state index in [2.05, 4.69) is 49.9 Å². The van der Waals surface area contributed by atoms with Gasteiger partial charge in [-0.2, -0.15) is 0 Å². The van der Waals surface area contributed by atoms with E-state index in [9.17, 15) is 0 Å². The van der Waals surface area contributed by atoms with E-state index in [0.717, 1.165) is 43.1 Å². The van der Waals surface area contributed by atoms with Gasteiger partial charge in [0, 0.05) is 12.2 Å². The molecule has 2 aromatic rings. The number of aryl methyl sites for hydroxylation is 1. The van der Waals surface area contributed by atoms with E-state index >= 15 is 0 Å². The Labute approximate surface area is 139 Å². The molecule has 0 unspecified atom stereocenters. The molecule has 1 heterocycles. The summed E-state index contributed by atoms with van der Waals surface area (Å²) >= 11 is 0. The molecular weight excluding hydrogens is 284 g/mol. The number of nitrogen functional groups attached to an aromatic ring is 1. The molecule has 0 aromatic heterocycles. The molecule has 0 saturated carbocycles.